The first-order chi connectivity index (χ1) is 8.31. The molecule has 0 spiro atoms. The molecule has 0 aliphatic rings. The van der Waals surface area contributed by atoms with E-state index < -0.39 is 6.10 Å². The van der Waals surface area contributed by atoms with Gasteiger partial charge in [0.15, 0.2) is 0 Å². The van der Waals surface area contributed by atoms with E-state index in [1.807, 2.05) is 37.3 Å². The monoisotopic (exact) mass is 228 g/mol. The molecule has 0 unspecified atom stereocenters. The van der Waals surface area contributed by atoms with Gasteiger partial charge in [0.25, 0.3) is 0 Å². The highest BCUT2D eigenvalue weighted by Gasteiger charge is 2.11. The second-order valence-electron chi connectivity index (χ2n) is 3.93. The topological polar surface area (TPSA) is 46.0 Å². The Morgan fingerprint density at radius 3 is 2.35 bits per heavy atom. The van der Waals surface area contributed by atoms with Crippen LogP contribution in [-0.2, 0) is 12.8 Å². The summed E-state index contributed by atoms with van der Waals surface area (Å²) in [5, 5.41) is 10.1. The van der Waals surface area contributed by atoms with Gasteiger partial charge in [-0.25, -0.2) is 0 Å². The second-order valence-corrected chi connectivity index (χ2v) is 3.93. The summed E-state index contributed by atoms with van der Waals surface area (Å²) in [5.74, 6) is 0. The third-order valence-electron chi connectivity index (χ3n) is 2.77. The highest BCUT2D eigenvalue weighted by molar-refractivity contribution is 5.20. The predicted molar refractivity (Wildman–Crippen MR) is 66.5 cm³/mol. The number of aryl methyl sites for hydroxylation is 1. The standard InChI is InChI=1S/C14H16N2O/c1-2-12-13(16-9-8-15-12)10-14(17)11-6-4-3-5-7-11/h3-9,14,17H,2,10H2,1H3/t14-/m1/s1. The van der Waals surface area contributed by atoms with Gasteiger partial charge >= 0.3 is 0 Å². The van der Waals surface area contributed by atoms with Gasteiger partial charge in [0.1, 0.15) is 0 Å². The fraction of sp³-hybridized carbons (Fsp3) is 0.286. The van der Waals surface area contributed by atoms with Crippen LogP contribution in [0.15, 0.2) is 42.7 Å². The average Bonchev–Trinajstić information content (AvgIpc) is 2.40. The Hall–Kier alpha value is -1.74. The minimum atomic E-state index is -0.516. The summed E-state index contributed by atoms with van der Waals surface area (Å²) in [6.07, 6.45) is 4.20. The second kappa shape index (κ2) is 5.55. The van der Waals surface area contributed by atoms with E-state index in [1.54, 1.807) is 12.4 Å². The molecular formula is C14H16N2O. The number of aromatic nitrogens is 2. The van der Waals surface area contributed by atoms with Crippen molar-refractivity contribution in [3.05, 3.63) is 59.7 Å². The molecule has 0 aliphatic carbocycles. The Labute approximate surface area is 101 Å². The fourth-order valence-electron chi connectivity index (χ4n) is 1.84. The molecule has 0 radical (unpaired) electrons. The van der Waals surface area contributed by atoms with Crippen LogP contribution in [0, 0.1) is 0 Å². The van der Waals surface area contributed by atoms with E-state index in [9.17, 15) is 5.11 Å². The molecule has 3 nitrogen and oxygen atoms in total. The SMILES string of the molecule is CCc1nccnc1C[C@@H](O)c1ccccc1. The lowest BCUT2D eigenvalue weighted by molar-refractivity contribution is 0.176. The van der Waals surface area contributed by atoms with Crippen molar-refractivity contribution in [3.63, 3.8) is 0 Å². The van der Waals surface area contributed by atoms with Crippen LogP contribution in [0.5, 0.6) is 0 Å². The molecule has 0 saturated heterocycles. The third-order valence-corrected chi connectivity index (χ3v) is 2.77. The Morgan fingerprint density at radius 1 is 1.06 bits per heavy atom. The van der Waals surface area contributed by atoms with Gasteiger partial charge in [-0.2, -0.15) is 0 Å². The van der Waals surface area contributed by atoms with Gasteiger partial charge in [0, 0.05) is 18.8 Å². The van der Waals surface area contributed by atoms with E-state index in [-0.39, 0.29) is 0 Å². The van der Waals surface area contributed by atoms with Crippen molar-refractivity contribution in [2.24, 2.45) is 0 Å². The number of hydrogen-bond donors (Lipinski definition) is 1. The van der Waals surface area contributed by atoms with Crippen molar-refractivity contribution >= 4 is 0 Å². The van der Waals surface area contributed by atoms with Crippen LogP contribution in [0.2, 0.25) is 0 Å². The maximum absolute atomic E-state index is 10.1. The van der Waals surface area contributed by atoms with Gasteiger partial charge in [-0.1, -0.05) is 37.3 Å². The lowest BCUT2D eigenvalue weighted by Gasteiger charge is -2.12. The molecule has 0 fully saturated rings. The first-order valence-corrected chi connectivity index (χ1v) is 5.83. The molecule has 3 heteroatoms. The lowest BCUT2D eigenvalue weighted by Crippen LogP contribution is -2.07. The molecule has 1 aromatic carbocycles. The van der Waals surface area contributed by atoms with E-state index in [1.165, 1.54) is 0 Å². The van der Waals surface area contributed by atoms with Gasteiger partial charge in [-0.3, -0.25) is 9.97 Å². The molecule has 2 aromatic rings. The Balaban J connectivity index is 2.16. The molecule has 88 valence electrons. The van der Waals surface area contributed by atoms with Gasteiger partial charge in [-0.15, -0.1) is 0 Å². The van der Waals surface area contributed by atoms with Crippen LogP contribution >= 0.6 is 0 Å². The molecular weight excluding hydrogens is 212 g/mol. The third kappa shape index (κ3) is 2.88. The van der Waals surface area contributed by atoms with Gasteiger partial charge in [0.05, 0.1) is 17.5 Å². The van der Waals surface area contributed by atoms with Crippen LogP contribution in [0.1, 0.15) is 30.0 Å². The van der Waals surface area contributed by atoms with Crippen molar-refractivity contribution in [3.8, 4) is 0 Å². The summed E-state index contributed by atoms with van der Waals surface area (Å²) in [6.45, 7) is 2.04. The van der Waals surface area contributed by atoms with E-state index in [0.29, 0.717) is 6.42 Å². The Kier molecular flexibility index (Phi) is 3.83. The van der Waals surface area contributed by atoms with Gasteiger partial charge in [-0.05, 0) is 12.0 Å². The average molecular weight is 228 g/mol. The molecule has 1 aromatic heterocycles. The highest BCUT2D eigenvalue weighted by atomic mass is 16.3. The number of aliphatic hydroxyl groups is 1. The summed E-state index contributed by atoms with van der Waals surface area (Å²) < 4.78 is 0. The molecule has 1 heterocycles. The minimum absolute atomic E-state index is 0.515. The molecule has 17 heavy (non-hydrogen) atoms. The van der Waals surface area contributed by atoms with Crippen LogP contribution in [-0.4, -0.2) is 15.1 Å². The maximum atomic E-state index is 10.1. The van der Waals surface area contributed by atoms with Crippen molar-refractivity contribution in [2.45, 2.75) is 25.9 Å². The fourth-order valence-corrected chi connectivity index (χ4v) is 1.84. The quantitative estimate of drug-likeness (QED) is 0.873. The summed E-state index contributed by atoms with van der Waals surface area (Å²) in [6, 6.07) is 9.64. The molecule has 2 rings (SSSR count). The van der Waals surface area contributed by atoms with Crippen molar-refractivity contribution < 1.29 is 5.11 Å². The van der Waals surface area contributed by atoms with E-state index >= 15 is 0 Å². The minimum Gasteiger partial charge on any atom is -0.388 e. The zero-order valence-corrected chi connectivity index (χ0v) is 9.87. The largest absolute Gasteiger partial charge is 0.388 e. The summed E-state index contributed by atoms with van der Waals surface area (Å²) in [5.41, 5.74) is 2.76. The van der Waals surface area contributed by atoms with Gasteiger partial charge < -0.3 is 5.11 Å². The van der Waals surface area contributed by atoms with Crippen molar-refractivity contribution in [2.75, 3.05) is 0 Å². The first kappa shape index (κ1) is 11.7. The summed E-state index contributed by atoms with van der Waals surface area (Å²) >= 11 is 0. The molecule has 0 amide bonds. The maximum Gasteiger partial charge on any atom is 0.0846 e. The van der Waals surface area contributed by atoms with Crippen LogP contribution in [0.3, 0.4) is 0 Å². The molecule has 0 aliphatic heterocycles. The van der Waals surface area contributed by atoms with Crippen LogP contribution in [0.25, 0.3) is 0 Å². The number of nitrogens with zero attached hydrogens (tertiary/aromatic N) is 2. The Morgan fingerprint density at radius 2 is 1.71 bits per heavy atom. The molecule has 0 bridgehead atoms. The smallest absolute Gasteiger partial charge is 0.0846 e. The number of benzene rings is 1. The normalized spacial score (nSPS) is 12.4. The van der Waals surface area contributed by atoms with Crippen molar-refractivity contribution in [1.82, 2.24) is 9.97 Å². The van der Waals surface area contributed by atoms with E-state index in [0.717, 1.165) is 23.4 Å². The van der Waals surface area contributed by atoms with E-state index in [2.05, 4.69) is 9.97 Å². The van der Waals surface area contributed by atoms with Crippen LogP contribution in [0.4, 0.5) is 0 Å². The highest BCUT2D eigenvalue weighted by Crippen LogP contribution is 2.18. The number of rotatable bonds is 4. The van der Waals surface area contributed by atoms with Gasteiger partial charge in [0.2, 0.25) is 0 Å². The van der Waals surface area contributed by atoms with Crippen LogP contribution < -0.4 is 0 Å². The lowest BCUT2D eigenvalue weighted by atomic mass is 10.0. The zero-order chi connectivity index (χ0) is 12.1. The van der Waals surface area contributed by atoms with E-state index in [4.69, 9.17) is 0 Å². The molecule has 1 atom stereocenters. The molecule has 0 saturated carbocycles. The molecule has 1 N–H and O–H groups in total. The zero-order valence-electron chi connectivity index (χ0n) is 9.87. The Bertz CT molecular complexity index is 471. The predicted octanol–water partition coefficient (Wildman–Crippen LogP) is 2.32. The number of hydrogen-bond acceptors (Lipinski definition) is 3. The van der Waals surface area contributed by atoms with Crippen molar-refractivity contribution in [1.29, 1.82) is 0 Å². The summed E-state index contributed by atoms with van der Waals surface area (Å²) in [4.78, 5) is 8.56. The number of aliphatic hydroxyl groups excluding tert-OH is 1. The first-order valence-electron chi connectivity index (χ1n) is 5.83. The summed E-state index contributed by atoms with van der Waals surface area (Å²) in [7, 11) is 0.